The highest BCUT2D eigenvalue weighted by Crippen LogP contribution is 2.37. The Bertz CT molecular complexity index is 323. The van der Waals surface area contributed by atoms with Gasteiger partial charge in [0.25, 0.3) is 0 Å². The van der Waals surface area contributed by atoms with Crippen LogP contribution in [0.2, 0.25) is 0 Å². The largest absolute Gasteiger partial charge is 0.381 e. The molecule has 2 N–H and O–H groups in total. The maximum Gasteiger partial charge on any atom is 0.148 e. The van der Waals surface area contributed by atoms with E-state index in [2.05, 4.69) is 4.90 Å². The van der Waals surface area contributed by atoms with Crippen molar-refractivity contribution in [3.05, 3.63) is 0 Å². The fraction of sp³-hybridized carbons (Fsp3) is 1.00. The molecule has 0 aromatic heterocycles. The molecule has 1 saturated carbocycles. The molecule has 1 aliphatic carbocycles. The minimum Gasteiger partial charge on any atom is -0.381 e. The third-order valence-corrected chi connectivity index (χ3v) is 4.46. The summed E-state index contributed by atoms with van der Waals surface area (Å²) in [4.78, 5) is 2.06. The zero-order chi connectivity index (χ0) is 12.4. The van der Waals surface area contributed by atoms with Gasteiger partial charge in [-0.3, -0.25) is 4.90 Å². The molecule has 1 rings (SSSR count). The molecule has 0 radical (unpaired) electrons. The van der Waals surface area contributed by atoms with E-state index in [0.29, 0.717) is 13.1 Å². The van der Waals surface area contributed by atoms with Crippen molar-refractivity contribution in [2.45, 2.75) is 24.5 Å². The van der Waals surface area contributed by atoms with E-state index in [1.807, 2.05) is 7.05 Å². The van der Waals surface area contributed by atoms with Crippen LogP contribution in [0.3, 0.4) is 0 Å². The Balaban J connectivity index is 2.49. The Hall–Kier alpha value is -0.170. The first-order chi connectivity index (χ1) is 7.33. The molecule has 0 aliphatic heterocycles. The third kappa shape index (κ3) is 3.16. The maximum absolute atomic E-state index is 11.1. The number of hydrogen-bond donors (Lipinski definition) is 1. The van der Waals surface area contributed by atoms with E-state index >= 15 is 0 Å². The quantitative estimate of drug-likeness (QED) is 0.686. The van der Waals surface area contributed by atoms with Gasteiger partial charge in [0, 0.05) is 32.0 Å². The summed E-state index contributed by atoms with van der Waals surface area (Å²) in [7, 11) is 0.726. The summed E-state index contributed by atoms with van der Waals surface area (Å²) in [6.45, 7) is 1.08. The number of sulfone groups is 1. The maximum atomic E-state index is 11.1. The molecule has 0 heterocycles. The lowest BCUT2D eigenvalue weighted by molar-refractivity contribution is -0.0763. The minimum atomic E-state index is -2.90. The first-order valence-electron chi connectivity index (χ1n) is 5.45. The van der Waals surface area contributed by atoms with Crippen LogP contribution in [0.15, 0.2) is 0 Å². The summed E-state index contributed by atoms with van der Waals surface area (Å²) in [6, 6.07) is 0. The monoisotopic (exact) mass is 250 g/mol. The average Bonchev–Trinajstić information content (AvgIpc) is 2.13. The van der Waals surface area contributed by atoms with Gasteiger partial charge in [0.1, 0.15) is 9.84 Å². The summed E-state index contributed by atoms with van der Waals surface area (Å²) in [6.07, 6.45) is 3.30. The Morgan fingerprint density at radius 1 is 1.50 bits per heavy atom. The second kappa shape index (κ2) is 5.00. The van der Waals surface area contributed by atoms with Crippen LogP contribution >= 0.6 is 0 Å². The Morgan fingerprint density at radius 3 is 2.44 bits per heavy atom. The van der Waals surface area contributed by atoms with Crippen LogP contribution in [0.1, 0.15) is 12.8 Å². The molecule has 0 aromatic carbocycles. The average molecular weight is 250 g/mol. The predicted molar refractivity (Wildman–Crippen MR) is 64.2 cm³/mol. The standard InChI is InChI=1S/C10H22N2O3S/c1-12(4-5-16(3,13)14)10(8-11)6-9(7-10)15-2/h9H,4-8,11H2,1-3H3. The molecule has 1 aliphatic rings. The highest BCUT2D eigenvalue weighted by molar-refractivity contribution is 7.90. The van der Waals surface area contributed by atoms with Crippen molar-refractivity contribution in [3.63, 3.8) is 0 Å². The molecular weight excluding hydrogens is 228 g/mol. The van der Waals surface area contributed by atoms with Gasteiger partial charge in [0.15, 0.2) is 0 Å². The van der Waals surface area contributed by atoms with Gasteiger partial charge >= 0.3 is 0 Å². The molecule has 16 heavy (non-hydrogen) atoms. The van der Waals surface area contributed by atoms with Gasteiger partial charge in [-0.15, -0.1) is 0 Å². The predicted octanol–water partition coefficient (Wildman–Crippen LogP) is -0.531. The highest BCUT2D eigenvalue weighted by atomic mass is 32.2. The van der Waals surface area contributed by atoms with E-state index in [1.165, 1.54) is 6.26 Å². The summed E-state index contributed by atoms with van der Waals surface area (Å²) >= 11 is 0. The number of likely N-dealkylation sites (N-methyl/N-ethyl adjacent to an activating group) is 1. The van der Waals surface area contributed by atoms with Crippen LogP contribution in [-0.4, -0.2) is 64.2 Å². The van der Waals surface area contributed by atoms with E-state index in [-0.39, 0.29) is 17.4 Å². The Labute approximate surface area is 97.9 Å². The van der Waals surface area contributed by atoms with Crippen molar-refractivity contribution in [2.24, 2.45) is 5.73 Å². The summed E-state index contributed by atoms with van der Waals surface area (Å²) in [5.74, 6) is 0.183. The van der Waals surface area contributed by atoms with Crippen LogP contribution in [0.25, 0.3) is 0 Å². The lowest BCUT2D eigenvalue weighted by Gasteiger charge is -2.52. The van der Waals surface area contributed by atoms with Gasteiger partial charge in [-0.05, 0) is 19.9 Å². The molecule has 1 fully saturated rings. The van der Waals surface area contributed by atoms with Crippen molar-refractivity contribution in [2.75, 3.05) is 39.3 Å². The zero-order valence-electron chi connectivity index (χ0n) is 10.3. The SMILES string of the molecule is COC1CC(CN)(N(C)CCS(C)(=O)=O)C1. The van der Waals surface area contributed by atoms with Crippen LogP contribution < -0.4 is 5.73 Å². The van der Waals surface area contributed by atoms with Crippen LogP contribution in [-0.2, 0) is 14.6 Å². The molecule has 0 aromatic rings. The molecule has 0 atom stereocenters. The van der Waals surface area contributed by atoms with Gasteiger partial charge in [0.2, 0.25) is 0 Å². The van der Waals surface area contributed by atoms with E-state index in [1.54, 1.807) is 7.11 Å². The number of nitrogens with two attached hydrogens (primary N) is 1. The third-order valence-electron chi connectivity index (χ3n) is 3.54. The molecule has 0 bridgehead atoms. The first-order valence-corrected chi connectivity index (χ1v) is 7.51. The van der Waals surface area contributed by atoms with Crippen LogP contribution in [0.5, 0.6) is 0 Å². The first kappa shape index (κ1) is 13.9. The van der Waals surface area contributed by atoms with E-state index in [9.17, 15) is 8.42 Å². The van der Waals surface area contributed by atoms with Crippen LogP contribution in [0.4, 0.5) is 0 Å². The minimum absolute atomic E-state index is 0.0641. The number of ether oxygens (including phenoxy) is 1. The van der Waals surface area contributed by atoms with Gasteiger partial charge in [-0.2, -0.15) is 0 Å². The normalized spacial score (nSPS) is 30.4. The fourth-order valence-electron chi connectivity index (χ4n) is 2.13. The smallest absolute Gasteiger partial charge is 0.148 e. The highest BCUT2D eigenvalue weighted by Gasteiger charge is 2.46. The summed E-state index contributed by atoms with van der Waals surface area (Å²) in [5.41, 5.74) is 5.72. The second-order valence-electron chi connectivity index (χ2n) is 4.75. The number of rotatable bonds is 6. The van der Waals surface area contributed by atoms with E-state index in [4.69, 9.17) is 10.5 Å². The lowest BCUT2D eigenvalue weighted by atomic mass is 9.73. The van der Waals surface area contributed by atoms with Crippen molar-refractivity contribution in [1.82, 2.24) is 4.90 Å². The van der Waals surface area contributed by atoms with Crippen molar-refractivity contribution >= 4 is 9.84 Å². The zero-order valence-corrected chi connectivity index (χ0v) is 11.1. The number of hydrogen-bond acceptors (Lipinski definition) is 5. The van der Waals surface area contributed by atoms with Crippen molar-refractivity contribution in [1.29, 1.82) is 0 Å². The van der Waals surface area contributed by atoms with Crippen molar-refractivity contribution in [3.8, 4) is 0 Å². The number of methoxy groups -OCH3 is 1. The van der Waals surface area contributed by atoms with Crippen LogP contribution in [0, 0.1) is 0 Å². The molecule has 6 heteroatoms. The molecule has 0 spiro atoms. The summed E-state index contributed by atoms with van der Waals surface area (Å²) in [5, 5.41) is 0. The van der Waals surface area contributed by atoms with E-state index in [0.717, 1.165) is 12.8 Å². The topological polar surface area (TPSA) is 72.6 Å². The lowest BCUT2D eigenvalue weighted by Crippen LogP contribution is -2.63. The van der Waals surface area contributed by atoms with Gasteiger partial charge < -0.3 is 10.5 Å². The van der Waals surface area contributed by atoms with Gasteiger partial charge in [0.05, 0.1) is 11.9 Å². The molecule has 0 saturated heterocycles. The Kier molecular flexibility index (Phi) is 4.34. The molecule has 0 unspecified atom stereocenters. The summed E-state index contributed by atoms with van der Waals surface area (Å²) < 4.78 is 27.4. The second-order valence-corrected chi connectivity index (χ2v) is 7.01. The molecule has 5 nitrogen and oxygen atoms in total. The van der Waals surface area contributed by atoms with Gasteiger partial charge in [-0.1, -0.05) is 0 Å². The molecular formula is C10H22N2O3S. The molecule has 0 amide bonds. The van der Waals surface area contributed by atoms with Crippen molar-refractivity contribution < 1.29 is 13.2 Å². The van der Waals surface area contributed by atoms with E-state index < -0.39 is 9.84 Å². The number of nitrogens with zero attached hydrogens (tertiary/aromatic N) is 1. The molecule has 96 valence electrons. The Morgan fingerprint density at radius 2 is 2.06 bits per heavy atom. The fourth-order valence-corrected chi connectivity index (χ4v) is 2.73. The van der Waals surface area contributed by atoms with Gasteiger partial charge in [-0.25, -0.2) is 8.42 Å².